The predicted octanol–water partition coefficient (Wildman–Crippen LogP) is 2.89. The van der Waals surface area contributed by atoms with Crippen LogP contribution >= 0.6 is 0 Å². The van der Waals surface area contributed by atoms with Crippen LogP contribution in [0.2, 0.25) is 0 Å². The molecule has 1 N–H and O–H groups in total. The van der Waals surface area contributed by atoms with Crippen LogP contribution in [0.1, 0.15) is 32.3 Å². The maximum atomic E-state index is 5.39. The number of ether oxygens (including phenoxy) is 1. The lowest BCUT2D eigenvalue weighted by Gasteiger charge is -2.33. The van der Waals surface area contributed by atoms with E-state index in [1.807, 2.05) is 18.2 Å². The van der Waals surface area contributed by atoms with Crippen LogP contribution in [0.4, 0.5) is 0 Å². The van der Waals surface area contributed by atoms with Gasteiger partial charge in [0.15, 0.2) is 5.96 Å². The summed E-state index contributed by atoms with van der Waals surface area (Å²) in [4.78, 5) is 7.17. The highest BCUT2D eigenvalue weighted by Gasteiger charge is 2.18. The van der Waals surface area contributed by atoms with Crippen LogP contribution in [-0.2, 0) is 6.54 Å². The van der Waals surface area contributed by atoms with E-state index in [1.54, 1.807) is 7.11 Å². The molecule has 0 saturated carbocycles. The molecule has 4 nitrogen and oxygen atoms in total. The Morgan fingerprint density at radius 2 is 2.05 bits per heavy atom. The van der Waals surface area contributed by atoms with Crippen molar-refractivity contribution in [3.63, 3.8) is 0 Å². The number of benzene rings is 1. The van der Waals surface area contributed by atoms with Gasteiger partial charge in [0, 0.05) is 25.2 Å². The van der Waals surface area contributed by atoms with Gasteiger partial charge in [-0.05, 0) is 31.7 Å². The maximum Gasteiger partial charge on any atom is 0.194 e. The summed E-state index contributed by atoms with van der Waals surface area (Å²) in [5.74, 6) is 2.76. The normalized spacial score (nSPS) is 16.9. The van der Waals surface area contributed by atoms with E-state index in [9.17, 15) is 0 Å². The molecule has 0 aliphatic carbocycles. The van der Waals surface area contributed by atoms with Crippen LogP contribution in [0.15, 0.2) is 29.3 Å². The summed E-state index contributed by atoms with van der Waals surface area (Å²) < 4.78 is 5.39. The molecule has 21 heavy (non-hydrogen) atoms. The summed E-state index contributed by atoms with van der Waals surface area (Å²) in [5.41, 5.74) is 1.13. The van der Waals surface area contributed by atoms with Crippen LogP contribution in [-0.4, -0.2) is 37.6 Å². The molecular weight excluding hydrogens is 262 g/mol. The number of likely N-dealkylation sites (tertiary alicyclic amines) is 1. The van der Waals surface area contributed by atoms with Gasteiger partial charge in [0.05, 0.1) is 13.7 Å². The van der Waals surface area contributed by atoms with Crippen LogP contribution < -0.4 is 10.1 Å². The molecular formula is C17H27N3O. The van der Waals surface area contributed by atoms with Crippen molar-refractivity contribution in [1.29, 1.82) is 0 Å². The van der Waals surface area contributed by atoms with Crippen molar-refractivity contribution < 1.29 is 4.74 Å². The molecule has 1 saturated heterocycles. The predicted molar refractivity (Wildman–Crippen MR) is 87.8 cm³/mol. The lowest BCUT2D eigenvalue weighted by Crippen LogP contribution is -2.45. The van der Waals surface area contributed by atoms with E-state index in [4.69, 9.17) is 9.73 Å². The minimum atomic E-state index is 0.651. The van der Waals surface area contributed by atoms with Gasteiger partial charge >= 0.3 is 0 Å². The van der Waals surface area contributed by atoms with E-state index in [0.29, 0.717) is 6.54 Å². The second-order valence-electron chi connectivity index (χ2n) is 5.65. The summed E-state index contributed by atoms with van der Waals surface area (Å²) in [7, 11) is 1.71. The van der Waals surface area contributed by atoms with Crippen molar-refractivity contribution in [3.8, 4) is 5.75 Å². The van der Waals surface area contributed by atoms with Crippen LogP contribution in [0.25, 0.3) is 0 Å². The fraction of sp³-hybridized carbons (Fsp3) is 0.588. The van der Waals surface area contributed by atoms with Gasteiger partial charge in [0.25, 0.3) is 0 Å². The fourth-order valence-electron chi connectivity index (χ4n) is 2.64. The smallest absolute Gasteiger partial charge is 0.194 e. The molecule has 2 rings (SSSR count). The summed E-state index contributed by atoms with van der Waals surface area (Å²) in [6.45, 7) is 8.19. The maximum absolute atomic E-state index is 5.39. The molecule has 0 bridgehead atoms. The first-order chi connectivity index (χ1) is 10.2. The molecule has 0 unspecified atom stereocenters. The van der Waals surface area contributed by atoms with Gasteiger partial charge in [-0.2, -0.15) is 0 Å². The minimum Gasteiger partial charge on any atom is -0.496 e. The van der Waals surface area contributed by atoms with Crippen molar-refractivity contribution in [2.45, 2.75) is 33.2 Å². The third-order valence-corrected chi connectivity index (χ3v) is 4.01. The summed E-state index contributed by atoms with van der Waals surface area (Å²) in [5, 5.41) is 3.41. The summed E-state index contributed by atoms with van der Waals surface area (Å²) in [6.07, 6.45) is 2.50. The molecule has 4 heteroatoms. The Kier molecular flexibility index (Phi) is 5.90. The van der Waals surface area contributed by atoms with Crippen molar-refractivity contribution in [2.24, 2.45) is 10.9 Å². The number of guanidine groups is 1. The minimum absolute atomic E-state index is 0.651. The van der Waals surface area contributed by atoms with E-state index in [0.717, 1.165) is 42.8 Å². The third kappa shape index (κ3) is 4.38. The van der Waals surface area contributed by atoms with Gasteiger partial charge in [-0.25, -0.2) is 4.99 Å². The number of piperidine rings is 1. The van der Waals surface area contributed by atoms with Crippen molar-refractivity contribution >= 4 is 5.96 Å². The average Bonchev–Trinajstić information content (AvgIpc) is 2.52. The van der Waals surface area contributed by atoms with Crippen LogP contribution in [0.5, 0.6) is 5.75 Å². The quantitative estimate of drug-likeness (QED) is 0.684. The molecule has 1 aromatic carbocycles. The Balaban J connectivity index is 2.06. The van der Waals surface area contributed by atoms with Crippen LogP contribution in [0.3, 0.4) is 0 Å². The Morgan fingerprint density at radius 1 is 1.33 bits per heavy atom. The van der Waals surface area contributed by atoms with Gasteiger partial charge in [0.1, 0.15) is 5.75 Å². The largest absolute Gasteiger partial charge is 0.496 e. The van der Waals surface area contributed by atoms with E-state index >= 15 is 0 Å². The molecule has 0 aromatic heterocycles. The number of rotatable bonds is 4. The monoisotopic (exact) mass is 289 g/mol. The molecule has 0 radical (unpaired) electrons. The first-order valence-electron chi connectivity index (χ1n) is 7.89. The number of aliphatic imine (C=N–C) groups is 1. The molecule has 1 aromatic rings. The zero-order valence-corrected chi connectivity index (χ0v) is 13.4. The molecule has 1 fully saturated rings. The van der Waals surface area contributed by atoms with E-state index in [2.05, 4.69) is 30.1 Å². The van der Waals surface area contributed by atoms with Crippen molar-refractivity contribution in [3.05, 3.63) is 29.8 Å². The molecule has 116 valence electrons. The topological polar surface area (TPSA) is 36.9 Å². The molecule has 1 aliphatic rings. The Labute approximate surface area is 128 Å². The van der Waals surface area contributed by atoms with E-state index in [1.165, 1.54) is 12.8 Å². The molecule has 0 atom stereocenters. The zero-order valence-electron chi connectivity index (χ0n) is 13.4. The number of hydrogen-bond donors (Lipinski definition) is 1. The molecule has 1 heterocycles. The summed E-state index contributed by atoms with van der Waals surface area (Å²) >= 11 is 0. The second-order valence-corrected chi connectivity index (χ2v) is 5.65. The number of para-hydroxylation sites is 1. The fourth-order valence-corrected chi connectivity index (χ4v) is 2.64. The second kappa shape index (κ2) is 7.91. The molecule has 0 amide bonds. The summed E-state index contributed by atoms with van der Waals surface area (Å²) in [6, 6.07) is 8.08. The Morgan fingerprint density at radius 3 is 2.71 bits per heavy atom. The number of hydrogen-bond acceptors (Lipinski definition) is 2. The molecule has 0 spiro atoms. The van der Waals surface area contributed by atoms with Crippen molar-refractivity contribution in [2.75, 3.05) is 26.7 Å². The SMILES string of the molecule is CCNC(=NCc1ccccc1OC)N1CCC(C)CC1. The van der Waals surface area contributed by atoms with Gasteiger partial charge in [-0.15, -0.1) is 0 Å². The number of nitrogens with one attached hydrogen (secondary N) is 1. The van der Waals surface area contributed by atoms with Crippen molar-refractivity contribution in [1.82, 2.24) is 10.2 Å². The highest BCUT2D eigenvalue weighted by atomic mass is 16.5. The van der Waals surface area contributed by atoms with Gasteiger partial charge < -0.3 is 15.0 Å². The van der Waals surface area contributed by atoms with E-state index < -0.39 is 0 Å². The number of methoxy groups -OCH3 is 1. The Hall–Kier alpha value is -1.71. The van der Waals surface area contributed by atoms with Gasteiger partial charge in [-0.1, -0.05) is 25.1 Å². The molecule has 1 aliphatic heterocycles. The third-order valence-electron chi connectivity index (χ3n) is 4.01. The highest BCUT2D eigenvalue weighted by molar-refractivity contribution is 5.80. The first kappa shape index (κ1) is 15.7. The lowest BCUT2D eigenvalue weighted by atomic mass is 10.00. The number of nitrogens with zero attached hydrogens (tertiary/aromatic N) is 2. The average molecular weight is 289 g/mol. The van der Waals surface area contributed by atoms with Gasteiger partial charge in [0.2, 0.25) is 0 Å². The first-order valence-corrected chi connectivity index (χ1v) is 7.89. The lowest BCUT2D eigenvalue weighted by molar-refractivity contribution is 0.273. The zero-order chi connectivity index (χ0) is 15.1. The van der Waals surface area contributed by atoms with E-state index in [-0.39, 0.29) is 0 Å². The van der Waals surface area contributed by atoms with Gasteiger partial charge in [-0.3, -0.25) is 0 Å². The standard InChI is InChI=1S/C17H27N3O/c1-4-18-17(20-11-9-14(2)10-12-20)19-13-15-7-5-6-8-16(15)21-3/h5-8,14H,4,9-13H2,1-3H3,(H,18,19). The highest BCUT2D eigenvalue weighted by Crippen LogP contribution is 2.19. The van der Waals surface area contributed by atoms with Crippen LogP contribution in [0, 0.1) is 5.92 Å². The Bertz CT molecular complexity index is 465.